The van der Waals surface area contributed by atoms with Crippen LogP contribution in [0.2, 0.25) is 0 Å². The first-order chi connectivity index (χ1) is 12.7. The number of hydrogen-bond acceptors (Lipinski definition) is 6. The van der Waals surface area contributed by atoms with E-state index in [4.69, 9.17) is 9.47 Å². The lowest BCUT2D eigenvalue weighted by atomic mass is 9.85. The summed E-state index contributed by atoms with van der Waals surface area (Å²) in [5.41, 5.74) is 2.79. The van der Waals surface area contributed by atoms with Crippen LogP contribution in [0.15, 0.2) is 36.7 Å². The van der Waals surface area contributed by atoms with E-state index in [9.17, 15) is 4.79 Å². The Morgan fingerprint density at radius 3 is 2.85 bits per heavy atom. The van der Waals surface area contributed by atoms with E-state index in [2.05, 4.69) is 20.4 Å². The number of aromatic nitrogens is 4. The van der Waals surface area contributed by atoms with Crippen LogP contribution in [0.5, 0.6) is 11.5 Å². The van der Waals surface area contributed by atoms with Crippen molar-refractivity contribution in [2.24, 2.45) is 0 Å². The third-order valence-electron chi connectivity index (χ3n) is 4.64. The fourth-order valence-corrected chi connectivity index (χ4v) is 3.51. The lowest BCUT2D eigenvalue weighted by Gasteiger charge is -2.24. The van der Waals surface area contributed by atoms with E-state index in [1.807, 2.05) is 25.1 Å². The Hall–Kier alpha value is -3.42. The van der Waals surface area contributed by atoms with Gasteiger partial charge in [0.25, 0.3) is 5.95 Å². The molecule has 26 heavy (non-hydrogen) atoms. The van der Waals surface area contributed by atoms with Crippen molar-refractivity contribution in [2.45, 2.75) is 19.3 Å². The number of fused-ring (bicyclic) bond motifs is 2. The van der Waals surface area contributed by atoms with Crippen LogP contribution in [0.1, 0.15) is 29.2 Å². The van der Waals surface area contributed by atoms with Gasteiger partial charge in [0.15, 0.2) is 11.5 Å². The lowest BCUT2D eigenvalue weighted by molar-refractivity contribution is -0.116. The molecule has 1 amide bonds. The van der Waals surface area contributed by atoms with Gasteiger partial charge >= 0.3 is 0 Å². The molecular weight excluding hydrogens is 334 g/mol. The number of benzene rings is 1. The minimum Gasteiger partial charge on any atom is -0.454 e. The number of amides is 1. The number of anilines is 1. The van der Waals surface area contributed by atoms with Crippen molar-refractivity contribution in [3.63, 3.8) is 0 Å². The van der Waals surface area contributed by atoms with Gasteiger partial charge in [0, 0.05) is 30.3 Å². The third-order valence-corrected chi connectivity index (χ3v) is 4.64. The highest BCUT2D eigenvalue weighted by molar-refractivity contribution is 5.95. The van der Waals surface area contributed by atoms with E-state index in [-0.39, 0.29) is 18.6 Å². The van der Waals surface area contributed by atoms with Crippen LogP contribution in [0.3, 0.4) is 0 Å². The van der Waals surface area contributed by atoms with Crippen LogP contribution in [0, 0.1) is 6.92 Å². The van der Waals surface area contributed by atoms with Crippen molar-refractivity contribution in [1.82, 2.24) is 19.7 Å². The van der Waals surface area contributed by atoms with Gasteiger partial charge in [-0.25, -0.2) is 9.97 Å². The van der Waals surface area contributed by atoms with Gasteiger partial charge in [-0.1, -0.05) is 6.07 Å². The van der Waals surface area contributed by atoms with Crippen molar-refractivity contribution in [3.05, 3.63) is 53.5 Å². The average molecular weight is 349 g/mol. The number of ether oxygens (including phenoxy) is 2. The maximum absolute atomic E-state index is 12.4. The zero-order valence-electron chi connectivity index (χ0n) is 14.0. The van der Waals surface area contributed by atoms with Crippen LogP contribution < -0.4 is 14.8 Å². The Kier molecular flexibility index (Phi) is 3.18. The fraction of sp³-hybridized carbons (Fsp3) is 0.222. The maximum Gasteiger partial charge on any atom is 0.252 e. The lowest BCUT2D eigenvalue weighted by Crippen LogP contribution is -2.25. The summed E-state index contributed by atoms with van der Waals surface area (Å²) in [5, 5.41) is 7.49. The Morgan fingerprint density at radius 1 is 1.19 bits per heavy atom. The number of rotatable bonds is 2. The van der Waals surface area contributed by atoms with Crippen molar-refractivity contribution in [3.8, 4) is 17.4 Å². The molecule has 4 heterocycles. The monoisotopic (exact) mass is 349 g/mol. The van der Waals surface area contributed by atoms with E-state index < -0.39 is 0 Å². The van der Waals surface area contributed by atoms with E-state index in [0.717, 1.165) is 22.6 Å². The first-order valence-corrected chi connectivity index (χ1v) is 8.27. The van der Waals surface area contributed by atoms with Crippen molar-refractivity contribution in [1.29, 1.82) is 0 Å². The van der Waals surface area contributed by atoms with Crippen LogP contribution >= 0.6 is 0 Å². The summed E-state index contributed by atoms with van der Waals surface area (Å²) in [6, 6.07) is 7.52. The Bertz CT molecular complexity index is 1020. The van der Waals surface area contributed by atoms with Gasteiger partial charge in [0.1, 0.15) is 5.82 Å². The van der Waals surface area contributed by atoms with E-state index in [1.165, 1.54) is 0 Å². The molecule has 0 bridgehead atoms. The molecule has 130 valence electrons. The molecule has 1 unspecified atom stereocenters. The minimum atomic E-state index is -0.120. The van der Waals surface area contributed by atoms with Crippen LogP contribution in [0.25, 0.3) is 5.95 Å². The molecule has 0 saturated heterocycles. The molecule has 3 aromatic rings. The van der Waals surface area contributed by atoms with Gasteiger partial charge in [-0.05, 0) is 30.7 Å². The summed E-state index contributed by atoms with van der Waals surface area (Å²) < 4.78 is 12.5. The van der Waals surface area contributed by atoms with Gasteiger partial charge in [-0.15, -0.1) is 0 Å². The second-order valence-electron chi connectivity index (χ2n) is 6.23. The summed E-state index contributed by atoms with van der Waals surface area (Å²) in [6.07, 6.45) is 3.63. The molecule has 1 atom stereocenters. The van der Waals surface area contributed by atoms with Gasteiger partial charge in [-0.2, -0.15) is 9.78 Å². The molecule has 0 fully saturated rings. The largest absolute Gasteiger partial charge is 0.454 e. The molecule has 1 N–H and O–H groups in total. The molecule has 5 rings (SSSR count). The summed E-state index contributed by atoms with van der Waals surface area (Å²) in [5.74, 6) is 2.27. The second kappa shape index (κ2) is 5.55. The fourth-order valence-electron chi connectivity index (χ4n) is 3.51. The van der Waals surface area contributed by atoms with Crippen molar-refractivity contribution >= 4 is 11.7 Å². The Labute approximate surface area is 148 Å². The topological polar surface area (TPSA) is 91.2 Å². The van der Waals surface area contributed by atoms with Gasteiger partial charge < -0.3 is 14.8 Å². The van der Waals surface area contributed by atoms with Crippen LogP contribution in [0.4, 0.5) is 5.82 Å². The quantitative estimate of drug-likeness (QED) is 0.762. The molecular formula is C18H15N5O3. The second-order valence-corrected chi connectivity index (χ2v) is 6.23. The average Bonchev–Trinajstić information content (AvgIpc) is 3.25. The van der Waals surface area contributed by atoms with E-state index in [0.29, 0.717) is 23.9 Å². The molecule has 0 radical (unpaired) electrons. The standard InChI is InChI=1S/C18H15N5O3/c1-10-16-12(11-3-4-13-14(7-11)26-9-25-13)8-15(24)21-17(16)23(22-10)18-19-5-2-6-20-18/h2-7,12H,8-9H2,1H3,(H,21,24). The predicted molar refractivity (Wildman–Crippen MR) is 91.5 cm³/mol. The number of nitrogens with one attached hydrogen (secondary N) is 1. The molecule has 2 aliphatic heterocycles. The smallest absolute Gasteiger partial charge is 0.252 e. The zero-order chi connectivity index (χ0) is 17.7. The summed E-state index contributed by atoms with van der Waals surface area (Å²) in [6.45, 7) is 2.15. The highest BCUT2D eigenvalue weighted by Gasteiger charge is 2.33. The molecule has 2 aliphatic rings. The Morgan fingerprint density at radius 2 is 2.00 bits per heavy atom. The molecule has 8 nitrogen and oxygen atoms in total. The summed E-state index contributed by atoms with van der Waals surface area (Å²) in [4.78, 5) is 20.9. The molecule has 2 aromatic heterocycles. The number of carbonyl (C=O) groups is 1. The first-order valence-electron chi connectivity index (χ1n) is 8.27. The minimum absolute atomic E-state index is 0.0720. The number of nitrogens with zero attached hydrogens (tertiary/aromatic N) is 4. The SMILES string of the molecule is Cc1nn(-c2ncccn2)c2c1C(c1ccc3c(c1)OCO3)CC(=O)N2. The van der Waals surface area contributed by atoms with Gasteiger partial charge in [-0.3, -0.25) is 4.79 Å². The zero-order valence-corrected chi connectivity index (χ0v) is 14.0. The molecule has 1 aromatic carbocycles. The summed E-state index contributed by atoms with van der Waals surface area (Å²) in [7, 11) is 0. The predicted octanol–water partition coefficient (Wildman–Crippen LogP) is 2.17. The van der Waals surface area contributed by atoms with Gasteiger partial charge in [0.2, 0.25) is 12.7 Å². The summed E-state index contributed by atoms with van der Waals surface area (Å²) >= 11 is 0. The number of aryl methyl sites for hydroxylation is 1. The molecule has 0 spiro atoms. The number of carbonyl (C=O) groups excluding carboxylic acids is 1. The maximum atomic E-state index is 12.4. The van der Waals surface area contributed by atoms with Crippen LogP contribution in [-0.2, 0) is 4.79 Å². The molecule has 0 aliphatic carbocycles. The normalized spacial score (nSPS) is 17.7. The Balaban J connectivity index is 1.65. The molecule has 8 heteroatoms. The number of hydrogen-bond donors (Lipinski definition) is 1. The van der Waals surface area contributed by atoms with Gasteiger partial charge in [0.05, 0.1) is 5.69 Å². The molecule has 0 saturated carbocycles. The van der Waals surface area contributed by atoms with Crippen LogP contribution in [-0.4, -0.2) is 32.4 Å². The first kappa shape index (κ1) is 14.9. The van der Waals surface area contributed by atoms with E-state index in [1.54, 1.807) is 23.1 Å². The van der Waals surface area contributed by atoms with Crippen molar-refractivity contribution in [2.75, 3.05) is 12.1 Å². The third kappa shape index (κ3) is 2.22. The highest BCUT2D eigenvalue weighted by atomic mass is 16.7. The highest BCUT2D eigenvalue weighted by Crippen LogP contribution is 2.43. The van der Waals surface area contributed by atoms with Crippen molar-refractivity contribution < 1.29 is 14.3 Å². The van der Waals surface area contributed by atoms with E-state index >= 15 is 0 Å².